The molecule has 3 nitrogen and oxygen atoms in total. The minimum absolute atomic E-state index is 0.140. The Hall–Kier alpha value is -2.13. The maximum absolute atomic E-state index is 12.4. The van der Waals surface area contributed by atoms with Gasteiger partial charge in [-0.1, -0.05) is 42.5 Å². The number of methoxy groups -OCH3 is 1. The van der Waals surface area contributed by atoms with E-state index in [1.54, 1.807) is 7.11 Å². The first kappa shape index (κ1) is 15.3. The molecule has 0 saturated carbocycles. The van der Waals surface area contributed by atoms with Crippen LogP contribution in [-0.4, -0.2) is 30.9 Å². The topological polar surface area (TPSA) is 29.5 Å². The van der Waals surface area contributed by atoms with Crippen LogP contribution in [0, 0.1) is 0 Å². The molecule has 0 aromatic heterocycles. The highest BCUT2D eigenvalue weighted by molar-refractivity contribution is 5.99. The molecule has 2 rings (SSSR count). The molecule has 0 bridgehead atoms. The first-order valence-corrected chi connectivity index (χ1v) is 7.04. The number of carbonyl (C=O) groups is 1. The largest absolute Gasteiger partial charge is 0.497 e. The molecule has 110 valence electrons. The molecule has 0 fully saturated rings. The molecule has 1 atom stereocenters. The Morgan fingerprint density at radius 2 is 1.86 bits per heavy atom. The zero-order valence-electron chi connectivity index (χ0n) is 12.7. The van der Waals surface area contributed by atoms with E-state index in [1.165, 1.54) is 0 Å². The SMILES string of the molecule is COc1cccc(CN(C)C(C)C(=O)c2ccccc2)c1. The minimum atomic E-state index is -0.168. The number of ketones is 1. The molecule has 0 aliphatic rings. The number of hydrogen-bond donors (Lipinski definition) is 0. The molecule has 2 aromatic rings. The molecule has 3 heteroatoms. The van der Waals surface area contributed by atoms with Gasteiger partial charge in [0.15, 0.2) is 5.78 Å². The molecule has 1 unspecified atom stereocenters. The van der Waals surface area contributed by atoms with E-state index in [1.807, 2.05) is 73.5 Å². The van der Waals surface area contributed by atoms with Gasteiger partial charge in [0.05, 0.1) is 13.2 Å². The second-order valence-electron chi connectivity index (χ2n) is 5.17. The number of nitrogens with zero attached hydrogens (tertiary/aromatic N) is 1. The van der Waals surface area contributed by atoms with Crippen molar-refractivity contribution in [3.63, 3.8) is 0 Å². The van der Waals surface area contributed by atoms with Gasteiger partial charge in [-0.05, 0) is 31.7 Å². The number of rotatable bonds is 6. The highest BCUT2D eigenvalue weighted by atomic mass is 16.5. The number of likely N-dealkylation sites (N-methyl/N-ethyl adjacent to an activating group) is 1. The smallest absolute Gasteiger partial charge is 0.179 e. The molecule has 0 heterocycles. The summed E-state index contributed by atoms with van der Waals surface area (Å²) in [5.41, 5.74) is 1.88. The molecular weight excluding hydrogens is 262 g/mol. The van der Waals surface area contributed by atoms with Crippen LogP contribution in [0.5, 0.6) is 5.75 Å². The van der Waals surface area contributed by atoms with Crippen molar-refractivity contribution in [3.05, 3.63) is 65.7 Å². The van der Waals surface area contributed by atoms with Crippen molar-refractivity contribution in [1.29, 1.82) is 0 Å². The lowest BCUT2D eigenvalue weighted by atomic mass is 10.0. The van der Waals surface area contributed by atoms with Crippen molar-refractivity contribution < 1.29 is 9.53 Å². The minimum Gasteiger partial charge on any atom is -0.497 e. The number of Topliss-reactive ketones (excluding diaryl/α,β-unsaturated/α-hetero) is 1. The summed E-state index contributed by atoms with van der Waals surface area (Å²) in [4.78, 5) is 14.5. The number of ether oxygens (including phenoxy) is 1. The Morgan fingerprint density at radius 3 is 2.52 bits per heavy atom. The molecule has 0 radical (unpaired) electrons. The average molecular weight is 283 g/mol. The Labute approximate surface area is 126 Å². The summed E-state index contributed by atoms with van der Waals surface area (Å²) >= 11 is 0. The van der Waals surface area contributed by atoms with Crippen molar-refractivity contribution in [2.24, 2.45) is 0 Å². The second kappa shape index (κ2) is 7.04. The summed E-state index contributed by atoms with van der Waals surface area (Å²) in [6, 6.07) is 17.2. The van der Waals surface area contributed by atoms with E-state index in [2.05, 4.69) is 0 Å². The zero-order valence-corrected chi connectivity index (χ0v) is 12.7. The summed E-state index contributed by atoms with van der Waals surface area (Å²) in [5.74, 6) is 0.976. The van der Waals surface area contributed by atoms with Gasteiger partial charge in [-0.25, -0.2) is 0 Å². The Morgan fingerprint density at radius 1 is 1.14 bits per heavy atom. The molecule has 0 saturated heterocycles. The summed E-state index contributed by atoms with van der Waals surface area (Å²) in [7, 11) is 3.62. The molecular formula is C18H21NO2. The number of carbonyl (C=O) groups excluding carboxylic acids is 1. The lowest BCUT2D eigenvalue weighted by Gasteiger charge is -2.23. The van der Waals surface area contributed by atoms with E-state index in [4.69, 9.17) is 4.74 Å². The van der Waals surface area contributed by atoms with Crippen molar-refractivity contribution >= 4 is 5.78 Å². The molecule has 0 aliphatic heterocycles. The molecule has 0 amide bonds. The second-order valence-corrected chi connectivity index (χ2v) is 5.17. The maximum Gasteiger partial charge on any atom is 0.179 e. The Balaban J connectivity index is 2.05. The highest BCUT2D eigenvalue weighted by Crippen LogP contribution is 2.16. The average Bonchev–Trinajstić information content (AvgIpc) is 2.54. The van der Waals surface area contributed by atoms with E-state index >= 15 is 0 Å². The Bertz CT molecular complexity index is 595. The van der Waals surface area contributed by atoms with Crippen LogP contribution in [0.2, 0.25) is 0 Å². The van der Waals surface area contributed by atoms with Crippen molar-refractivity contribution in [3.8, 4) is 5.75 Å². The van der Waals surface area contributed by atoms with Gasteiger partial charge < -0.3 is 4.74 Å². The van der Waals surface area contributed by atoms with Gasteiger partial charge in [0, 0.05) is 12.1 Å². The van der Waals surface area contributed by atoms with Gasteiger partial charge in [-0.15, -0.1) is 0 Å². The summed E-state index contributed by atoms with van der Waals surface area (Å²) in [6.07, 6.45) is 0. The van der Waals surface area contributed by atoms with Crippen LogP contribution in [0.4, 0.5) is 0 Å². The first-order valence-electron chi connectivity index (χ1n) is 7.04. The summed E-state index contributed by atoms with van der Waals surface area (Å²) < 4.78 is 5.23. The van der Waals surface area contributed by atoms with Gasteiger partial charge >= 0.3 is 0 Å². The predicted molar refractivity (Wildman–Crippen MR) is 84.7 cm³/mol. The third kappa shape index (κ3) is 3.92. The number of hydrogen-bond acceptors (Lipinski definition) is 3. The highest BCUT2D eigenvalue weighted by Gasteiger charge is 2.19. The van der Waals surface area contributed by atoms with E-state index in [-0.39, 0.29) is 11.8 Å². The third-order valence-electron chi connectivity index (χ3n) is 3.67. The standard InChI is InChI=1S/C18H21NO2/c1-14(18(20)16-9-5-4-6-10-16)19(2)13-15-8-7-11-17(12-15)21-3/h4-12,14H,13H2,1-3H3. The quantitative estimate of drug-likeness (QED) is 0.761. The zero-order chi connectivity index (χ0) is 15.2. The van der Waals surface area contributed by atoms with E-state index in [0.29, 0.717) is 6.54 Å². The van der Waals surface area contributed by atoms with Crippen LogP contribution >= 0.6 is 0 Å². The Kier molecular flexibility index (Phi) is 5.12. The van der Waals surface area contributed by atoms with Crippen LogP contribution in [-0.2, 0) is 6.54 Å². The number of benzene rings is 2. The maximum atomic E-state index is 12.4. The fourth-order valence-corrected chi connectivity index (χ4v) is 2.24. The molecule has 21 heavy (non-hydrogen) atoms. The van der Waals surface area contributed by atoms with E-state index in [0.717, 1.165) is 16.9 Å². The normalized spacial score (nSPS) is 12.2. The predicted octanol–water partition coefficient (Wildman–Crippen LogP) is 3.40. The van der Waals surface area contributed by atoms with Crippen LogP contribution in [0.1, 0.15) is 22.8 Å². The van der Waals surface area contributed by atoms with Gasteiger partial charge in [-0.3, -0.25) is 9.69 Å². The summed E-state index contributed by atoms with van der Waals surface area (Å²) in [5, 5.41) is 0. The molecule has 0 N–H and O–H groups in total. The van der Waals surface area contributed by atoms with Crippen LogP contribution < -0.4 is 4.74 Å². The monoisotopic (exact) mass is 283 g/mol. The van der Waals surface area contributed by atoms with E-state index < -0.39 is 0 Å². The van der Waals surface area contributed by atoms with Crippen molar-refractivity contribution in [1.82, 2.24) is 4.90 Å². The van der Waals surface area contributed by atoms with Gasteiger partial charge in [0.25, 0.3) is 0 Å². The van der Waals surface area contributed by atoms with Crippen molar-refractivity contribution in [2.75, 3.05) is 14.2 Å². The summed E-state index contributed by atoms with van der Waals surface area (Å²) in [6.45, 7) is 2.65. The molecule has 0 aliphatic carbocycles. The lowest BCUT2D eigenvalue weighted by molar-refractivity contribution is 0.0862. The van der Waals surface area contributed by atoms with Crippen LogP contribution in [0.25, 0.3) is 0 Å². The van der Waals surface area contributed by atoms with Gasteiger partial charge in [0.1, 0.15) is 5.75 Å². The first-order chi connectivity index (χ1) is 10.1. The van der Waals surface area contributed by atoms with Gasteiger partial charge in [0.2, 0.25) is 0 Å². The van der Waals surface area contributed by atoms with Crippen molar-refractivity contribution in [2.45, 2.75) is 19.5 Å². The molecule has 2 aromatic carbocycles. The lowest BCUT2D eigenvalue weighted by Crippen LogP contribution is -2.35. The van der Waals surface area contributed by atoms with Crippen LogP contribution in [0.15, 0.2) is 54.6 Å². The molecule has 0 spiro atoms. The third-order valence-corrected chi connectivity index (χ3v) is 3.67. The fraction of sp³-hybridized carbons (Fsp3) is 0.278. The fourth-order valence-electron chi connectivity index (χ4n) is 2.24. The van der Waals surface area contributed by atoms with Gasteiger partial charge in [-0.2, -0.15) is 0 Å². The van der Waals surface area contributed by atoms with Crippen LogP contribution in [0.3, 0.4) is 0 Å². The van der Waals surface area contributed by atoms with E-state index in [9.17, 15) is 4.79 Å².